The highest BCUT2D eigenvalue weighted by Gasteiger charge is 2.35. The molecular formula is C43H30N2O. The topological polar surface area (TPSA) is 38.9 Å². The maximum Gasteiger partial charge on any atom is 0.160 e. The molecule has 0 fully saturated rings. The zero-order valence-electron chi connectivity index (χ0n) is 25.7. The molecule has 8 aromatic rings. The van der Waals surface area contributed by atoms with Gasteiger partial charge in [0.15, 0.2) is 5.82 Å². The highest BCUT2D eigenvalue weighted by Crippen LogP contribution is 2.51. The molecule has 6 aromatic carbocycles. The molecule has 1 aliphatic rings. The van der Waals surface area contributed by atoms with Crippen LogP contribution in [0.5, 0.6) is 0 Å². The summed E-state index contributed by atoms with van der Waals surface area (Å²) in [5, 5.41) is 2.20. The second kappa shape index (κ2) is 10.1. The average molecular weight is 591 g/mol. The first-order chi connectivity index (χ1) is 22.6. The third kappa shape index (κ3) is 4.05. The standard InChI is InChI=1S/C43H30N2O/c1-43(2)35-19-11-9-17-30(35)31-22-21-29(25-36(31)43)40-34(24-23-33-32-18-10-12-20-39(32)46-41(33)40)38-26-37(27-13-5-3-6-14-27)44-42(45-38)28-15-7-4-8-16-28/h3-26H,1-2H3. The Morgan fingerprint density at radius 3 is 1.96 bits per heavy atom. The van der Waals surface area contributed by atoms with Crippen molar-refractivity contribution < 1.29 is 4.42 Å². The molecule has 2 aromatic heterocycles. The van der Waals surface area contributed by atoms with E-state index >= 15 is 0 Å². The molecule has 3 heteroatoms. The molecule has 0 spiro atoms. The minimum absolute atomic E-state index is 0.125. The van der Waals surface area contributed by atoms with E-state index in [9.17, 15) is 0 Å². The molecule has 0 atom stereocenters. The number of nitrogens with zero attached hydrogens (tertiary/aromatic N) is 2. The summed E-state index contributed by atoms with van der Waals surface area (Å²) < 4.78 is 6.72. The number of furan rings is 1. The predicted octanol–water partition coefficient (Wildman–Crippen LogP) is 11.4. The normalized spacial score (nSPS) is 13.2. The number of para-hydroxylation sites is 1. The Kier molecular flexibility index (Phi) is 5.85. The van der Waals surface area contributed by atoms with E-state index in [0.29, 0.717) is 5.82 Å². The average Bonchev–Trinajstić information content (AvgIpc) is 3.60. The lowest BCUT2D eigenvalue weighted by molar-refractivity contribution is 0.660. The van der Waals surface area contributed by atoms with Gasteiger partial charge in [-0.2, -0.15) is 0 Å². The number of benzene rings is 6. The molecule has 3 nitrogen and oxygen atoms in total. The van der Waals surface area contributed by atoms with Crippen LogP contribution in [0.3, 0.4) is 0 Å². The van der Waals surface area contributed by atoms with Crippen LogP contribution in [0.2, 0.25) is 0 Å². The summed E-state index contributed by atoms with van der Waals surface area (Å²) in [5.41, 5.74) is 13.8. The van der Waals surface area contributed by atoms with Gasteiger partial charge in [0.2, 0.25) is 0 Å². The lowest BCUT2D eigenvalue weighted by atomic mass is 9.81. The number of hydrogen-bond acceptors (Lipinski definition) is 3. The molecule has 218 valence electrons. The van der Waals surface area contributed by atoms with Gasteiger partial charge in [0.1, 0.15) is 11.2 Å². The fourth-order valence-corrected chi connectivity index (χ4v) is 7.21. The molecule has 0 saturated heterocycles. The van der Waals surface area contributed by atoms with Crippen LogP contribution in [0, 0.1) is 0 Å². The molecule has 0 amide bonds. The third-order valence-corrected chi connectivity index (χ3v) is 9.52. The summed E-state index contributed by atoms with van der Waals surface area (Å²) in [5.74, 6) is 0.693. The maximum atomic E-state index is 6.72. The molecule has 0 N–H and O–H groups in total. The van der Waals surface area contributed by atoms with Gasteiger partial charge in [0.05, 0.1) is 11.4 Å². The third-order valence-electron chi connectivity index (χ3n) is 9.52. The second-order valence-corrected chi connectivity index (χ2v) is 12.6. The Morgan fingerprint density at radius 2 is 1.13 bits per heavy atom. The fourth-order valence-electron chi connectivity index (χ4n) is 7.21. The van der Waals surface area contributed by atoms with Crippen molar-refractivity contribution in [1.82, 2.24) is 9.97 Å². The number of hydrogen-bond donors (Lipinski definition) is 0. The van der Waals surface area contributed by atoms with Crippen molar-refractivity contribution in [2.45, 2.75) is 19.3 Å². The monoisotopic (exact) mass is 590 g/mol. The quantitative estimate of drug-likeness (QED) is 0.205. The van der Waals surface area contributed by atoms with Gasteiger partial charge in [0.25, 0.3) is 0 Å². The molecule has 0 bridgehead atoms. The lowest BCUT2D eigenvalue weighted by Crippen LogP contribution is -2.14. The first-order valence-corrected chi connectivity index (χ1v) is 15.8. The zero-order chi connectivity index (χ0) is 30.8. The van der Waals surface area contributed by atoms with Gasteiger partial charge in [-0.1, -0.05) is 135 Å². The fraction of sp³-hybridized carbons (Fsp3) is 0.0698. The Hall–Kier alpha value is -5.80. The van der Waals surface area contributed by atoms with E-state index in [1.807, 2.05) is 36.4 Å². The van der Waals surface area contributed by atoms with Crippen LogP contribution in [0.25, 0.3) is 78.1 Å². The number of rotatable bonds is 4. The Morgan fingerprint density at radius 1 is 0.478 bits per heavy atom. The molecular weight excluding hydrogens is 560 g/mol. The summed E-state index contributed by atoms with van der Waals surface area (Å²) in [6, 6.07) is 51.0. The summed E-state index contributed by atoms with van der Waals surface area (Å²) in [7, 11) is 0. The van der Waals surface area contributed by atoms with Crippen molar-refractivity contribution in [3.05, 3.63) is 157 Å². The minimum Gasteiger partial charge on any atom is -0.455 e. The van der Waals surface area contributed by atoms with Gasteiger partial charge < -0.3 is 4.42 Å². The summed E-state index contributed by atoms with van der Waals surface area (Å²) in [6.45, 7) is 4.65. The van der Waals surface area contributed by atoms with Gasteiger partial charge in [-0.25, -0.2) is 9.97 Å². The SMILES string of the molecule is CC1(C)c2ccccc2-c2ccc(-c3c(-c4cc(-c5ccccc5)nc(-c5ccccc5)n4)ccc4c3oc3ccccc34)cc21. The van der Waals surface area contributed by atoms with Crippen molar-refractivity contribution in [1.29, 1.82) is 0 Å². The molecule has 0 saturated carbocycles. The van der Waals surface area contributed by atoms with Crippen LogP contribution in [0.1, 0.15) is 25.0 Å². The predicted molar refractivity (Wildman–Crippen MR) is 189 cm³/mol. The zero-order valence-corrected chi connectivity index (χ0v) is 25.7. The largest absolute Gasteiger partial charge is 0.455 e. The van der Waals surface area contributed by atoms with Crippen LogP contribution >= 0.6 is 0 Å². The van der Waals surface area contributed by atoms with E-state index in [1.165, 1.54) is 22.3 Å². The number of fused-ring (bicyclic) bond motifs is 6. The molecule has 0 unspecified atom stereocenters. The van der Waals surface area contributed by atoms with Crippen LogP contribution in [-0.2, 0) is 5.41 Å². The van der Waals surface area contributed by atoms with Crippen molar-refractivity contribution in [3.63, 3.8) is 0 Å². The van der Waals surface area contributed by atoms with E-state index in [-0.39, 0.29) is 5.41 Å². The Bertz CT molecular complexity index is 2380. The van der Waals surface area contributed by atoms with E-state index < -0.39 is 0 Å². The van der Waals surface area contributed by atoms with Crippen molar-refractivity contribution in [3.8, 4) is 56.2 Å². The van der Waals surface area contributed by atoms with Crippen molar-refractivity contribution >= 4 is 21.9 Å². The highest BCUT2D eigenvalue weighted by atomic mass is 16.3. The van der Waals surface area contributed by atoms with E-state index in [4.69, 9.17) is 14.4 Å². The highest BCUT2D eigenvalue weighted by molar-refractivity contribution is 6.12. The maximum absolute atomic E-state index is 6.72. The molecule has 46 heavy (non-hydrogen) atoms. The first-order valence-electron chi connectivity index (χ1n) is 15.8. The van der Waals surface area contributed by atoms with Gasteiger partial charge in [-0.3, -0.25) is 0 Å². The Balaban J connectivity index is 1.34. The molecule has 0 aliphatic heterocycles. The van der Waals surface area contributed by atoms with Crippen LogP contribution < -0.4 is 0 Å². The van der Waals surface area contributed by atoms with Crippen LogP contribution in [0.15, 0.2) is 150 Å². The summed E-state index contributed by atoms with van der Waals surface area (Å²) >= 11 is 0. The van der Waals surface area contributed by atoms with Gasteiger partial charge in [-0.05, 0) is 52.1 Å². The number of aromatic nitrogens is 2. The van der Waals surface area contributed by atoms with E-state index in [1.54, 1.807) is 0 Å². The Labute approximate surface area is 267 Å². The van der Waals surface area contributed by atoms with Crippen molar-refractivity contribution in [2.75, 3.05) is 0 Å². The van der Waals surface area contributed by atoms with Gasteiger partial charge in [-0.15, -0.1) is 0 Å². The smallest absolute Gasteiger partial charge is 0.160 e. The van der Waals surface area contributed by atoms with Crippen molar-refractivity contribution in [2.24, 2.45) is 0 Å². The minimum atomic E-state index is -0.125. The van der Waals surface area contributed by atoms with E-state index in [2.05, 4.69) is 123 Å². The second-order valence-electron chi connectivity index (χ2n) is 12.6. The molecule has 1 aliphatic carbocycles. The van der Waals surface area contributed by atoms with Crippen LogP contribution in [-0.4, -0.2) is 9.97 Å². The summed E-state index contributed by atoms with van der Waals surface area (Å²) in [4.78, 5) is 10.3. The molecule has 0 radical (unpaired) electrons. The summed E-state index contributed by atoms with van der Waals surface area (Å²) in [6.07, 6.45) is 0. The van der Waals surface area contributed by atoms with Crippen LogP contribution in [0.4, 0.5) is 0 Å². The van der Waals surface area contributed by atoms with Gasteiger partial charge in [0, 0.05) is 38.4 Å². The van der Waals surface area contributed by atoms with Gasteiger partial charge >= 0.3 is 0 Å². The molecule has 9 rings (SSSR count). The first kappa shape index (κ1) is 26.6. The molecule has 2 heterocycles. The van der Waals surface area contributed by atoms with E-state index in [0.717, 1.165) is 61.1 Å². The lowest BCUT2D eigenvalue weighted by Gasteiger charge is -2.22.